The van der Waals surface area contributed by atoms with Crippen molar-refractivity contribution in [2.45, 2.75) is 38.8 Å². The molecule has 182 valence electrons. The van der Waals surface area contributed by atoms with E-state index in [1.165, 1.54) is 6.20 Å². The van der Waals surface area contributed by atoms with E-state index >= 15 is 0 Å². The maximum atomic E-state index is 12.9. The van der Waals surface area contributed by atoms with Crippen molar-refractivity contribution in [3.05, 3.63) is 66.6 Å². The predicted molar refractivity (Wildman–Crippen MR) is 125 cm³/mol. The first-order valence-corrected chi connectivity index (χ1v) is 11.4. The van der Waals surface area contributed by atoms with Gasteiger partial charge in [0.15, 0.2) is 0 Å². The van der Waals surface area contributed by atoms with Gasteiger partial charge in [0.05, 0.1) is 31.6 Å². The molecule has 0 saturated carbocycles. The number of benzene rings is 1. The van der Waals surface area contributed by atoms with Gasteiger partial charge in [-0.2, -0.15) is 5.10 Å². The summed E-state index contributed by atoms with van der Waals surface area (Å²) in [5.41, 5.74) is -0.543. The van der Waals surface area contributed by atoms with Crippen molar-refractivity contribution in [1.29, 1.82) is 0 Å². The van der Waals surface area contributed by atoms with Crippen LogP contribution in [0.2, 0.25) is 0 Å². The molecule has 10 nitrogen and oxygen atoms in total. The fourth-order valence-electron chi connectivity index (χ4n) is 3.99. The molecule has 2 aromatic heterocycles. The Balaban J connectivity index is 1.52. The molecule has 1 aromatic carbocycles. The summed E-state index contributed by atoms with van der Waals surface area (Å²) in [6.45, 7) is 4.04. The zero-order valence-electron chi connectivity index (χ0n) is 19.5. The minimum atomic E-state index is -1.88. The van der Waals surface area contributed by atoms with Crippen molar-refractivity contribution in [3.63, 3.8) is 0 Å². The van der Waals surface area contributed by atoms with E-state index < -0.39 is 23.4 Å². The third kappa shape index (κ3) is 4.86. The molecular formula is C25H26N4O6. The molecule has 4 rings (SSSR count). The van der Waals surface area contributed by atoms with Gasteiger partial charge in [0.2, 0.25) is 17.3 Å². The minimum Gasteiger partial charge on any atom is -0.464 e. The third-order valence-corrected chi connectivity index (χ3v) is 5.59. The van der Waals surface area contributed by atoms with Crippen LogP contribution in [-0.4, -0.2) is 51.4 Å². The molecule has 0 aliphatic carbocycles. The van der Waals surface area contributed by atoms with Crippen molar-refractivity contribution in [2.24, 2.45) is 0 Å². The molecule has 0 spiro atoms. The Bertz CT molecular complexity index is 1160. The van der Waals surface area contributed by atoms with Gasteiger partial charge in [-0.05, 0) is 43.7 Å². The van der Waals surface area contributed by atoms with Gasteiger partial charge in [-0.1, -0.05) is 12.1 Å². The Morgan fingerprint density at radius 2 is 1.74 bits per heavy atom. The van der Waals surface area contributed by atoms with E-state index in [4.69, 9.17) is 14.2 Å². The normalized spacial score (nSPS) is 14.6. The summed E-state index contributed by atoms with van der Waals surface area (Å²) >= 11 is 0. The first kappa shape index (κ1) is 23.9. The van der Waals surface area contributed by atoms with Crippen molar-refractivity contribution >= 4 is 23.5 Å². The number of hydrogen-bond acceptors (Lipinski definition) is 8. The van der Waals surface area contributed by atoms with E-state index in [1.807, 2.05) is 41.2 Å². The lowest BCUT2D eigenvalue weighted by atomic mass is 9.95. The second-order valence-electron chi connectivity index (χ2n) is 7.83. The second-order valence-corrected chi connectivity index (χ2v) is 7.83. The molecule has 0 N–H and O–H groups in total. The number of carbonyl (C=O) groups excluding carboxylic acids is 3. The number of pyridine rings is 1. The average molecular weight is 479 g/mol. The third-order valence-electron chi connectivity index (χ3n) is 5.59. The molecule has 1 fully saturated rings. The van der Waals surface area contributed by atoms with E-state index in [0.29, 0.717) is 12.3 Å². The Morgan fingerprint density at radius 1 is 1.03 bits per heavy atom. The van der Waals surface area contributed by atoms with Crippen molar-refractivity contribution < 1.29 is 28.6 Å². The summed E-state index contributed by atoms with van der Waals surface area (Å²) in [5.74, 6) is -1.16. The lowest BCUT2D eigenvalue weighted by Crippen LogP contribution is -2.59. The first-order valence-electron chi connectivity index (χ1n) is 11.4. The van der Waals surface area contributed by atoms with Crippen LogP contribution in [0.1, 0.15) is 32.3 Å². The number of esters is 2. The van der Waals surface area contributed by atoms with Crippen LogP contribution < -0.4 is 9.64 Å². The standard InChI is InChI=1S/C25H26N4O6/c1-3-33-23(31)25(24(32)34-4-2)13-12-22(30)29(25)19-8-11-21(26-16-19)35-20-9-6-18(7-10-20)17-28-15-5-14-27-28/h5-11,14-16H,3-4,12-13,17H2,1-2H3. The number of carbonyl (C=O) groups is 3. The molecule has 35 heavy (non-hydrogen) atoms. The van der Waals surface area contributed by atoms with Gasteiger partial charge in [0, 0.05) is 31.3 Å². The smallest absolute Gasteiger partial charge is 0.344 e. The molecule has 1 aliphatic heterocycles. The van der Waals surface area contributed by atoms with Gasteiger partial charge in [-0.3, -0.25) is 14.4 Å². The second kappa shape index (κ2) is 10.4. The first-order chi connectivity index (χ1) is 17.0. The molecule has 0 atom stereocenters. The zero-order valence-corrected chi connectivity index (χ0v) is 19.5. The quantitative estimate of drug-likeness (QED) is 0.341. The number of hydrogen-bond donors (Lipinski definition) is 0. The molecule has 10 heteroatoms. The predicted octanol–water partition coefficient (Wildman–Crippen LogP) is 3.11. The Morgan fingerprint density at radius 3 is 2.31 bits per heavy atom. The van der Waals surface area contributed by atoms with Crippen LogP contribution in [0.25, 0.3) is 0 Å². The van der Waals surface area contributed by atoms with Crippen molar-refractivity contribution in [3.8, 4) is 11.6 Å². The molecule has 0 unspecified atom stereocenters. The van der Waals surface area contributed by atoms with Crippen LogP contribution in [0.5, 0.6) is 11.6 Å². The van der Waals surface area contributed by atoms with E-state index in [2.05, 4.69) is 10.1 Å². The van der Waals surface area contributed by atoms with E-state index in [-0.39, 0.29) is 37.6 Å². The van der Waals surface area contributed by atoms with Crippen LogP contribution in [0.3, 0.4) is 0 Å². The molecule has 3 aromatic rings. The number of anilines is 1. The lowest BCUT2D eigenvalue weighted by Gasteiger charge is -2.33. The molecular weight excluding hydrogens is 452 g/mol. The highest BCUT2D eigenvalue weighted by molar-refractivity contribution is 6.18. The SMILES string of the molecule is CCOC(=O)C1(C(=O)OCC)CCC(=O)N1c1ccc(Oc2ccc(Cn3cccn3)cc2)nc1. The van der Waals surface area contributed by atoms with Crippen LogP contribution in [-0.2, 0) is 30.4 Å². The molecule has 3 heterocycles. The van der Waals surface area contributed by atoms with Crippen LogP contribution >= 0.6 is 0 Å². The fraction of sp³-hybridized carbons (Fsp3) is 0.320. The van der Waals surface area contributed by atoms with Gasteiger partial charge in [-0.25, -0.2) is 14.6 Å². The molecule has 1 aliphatic rings. The molecule has 0 radical (unpaired) electrons. The summed E-state index contributed by atoms with van der Waals surface area (Å²) in [7, 11) is 0. The summed E-state index contributed by atoms with van der Waals surface area (Å²) in [4.78, 5) is 43.9. The van der Waals surface area contributed by atoms with Gasteiger partial charge in [0.25, 0.3) is 0 Å². The van der Waals surface area contributed by atoms with Crippen molar-refractivity contribution in [2.75, 3.05) is 18.1 Å². The summed E-state index contributed by atoms with van der Waals surface area (Å²) in [6.07, 6.45) is 4.97. The van der Waals surface area contributed by atoms with Gasteiger partial charge >= 0.3 is 11.9 Å². The number of ether oxygens (including phenoxy) is 3. The van der Waals surface area contributed by atoms with Gasteiger partial charge in [0.1, 0.15) is 5.75 Å². The fourth-order valence-corrected chi connectivity index (χ4v) is 3.99. The Hall–Kier alpha value is -4.21. The van der Waals surface area contributed by atoms with Crippen LogP contribution in [0.15, 0.2) is 61.1 Å². The molecule has 0 bridgehead atoms. The number of amides is 1. The lowest BCUT2D eigenvalue weighted by molar-refractivity contribution is -0.164. The maximum Gasteiger partial charge on any atom is 0.344 e. The Labute approximate surface area is 202 Å². The molecule has 1 amide bonds. The monoisotopic (exact) mass is 478 g/mol. The topological polar surface area (TPSA) is 113 Å². The Kier molecular flexibility index (Phi) is 7.09. The average Bonchev–Trinajstić information content (AvgIpc) is 3.49. The summed E-state index contributed by atoms with van der Waals surface area (Å²) in [6, 6.07) is 12.5. The summed E-state index contributed by atoms with van der Waals surface area (Å²) < 4.78 is 18.0. The van der Waals surface area contributed by atoms with Gasteiger partial charge in [-0.15, -0.1) is 0 Å². The van der Waals surface area contributed by atoms with E-state index in [0.717, 1.165) is 10.5 Å². The number of aromatic nitrogens is 3. The maximum absolute atomic E-state index is 12.9. The van der Waals surface area contributed by atoms with E-state index in [9.17, 15) is 14.4 Å². The zero-order chi connectivity index (χ0) is 24.8. The van der Waals surface area contributed by atoms with E-state index in [1.54, 1.807) is 32.2 Å². The highest BCUT2D eigenvalue weighted by atomic mass is 16.6. The van der Waals surface area contributed by atoms with Crippen LogP contribution in [0.4, 0.5) is 5.69 Å². The number of rotatable bonds is 9. The van der Waals surface area contributed by atoms with Crippen molar-refractivity contribution in [1.82, 2.24) is 14.8 Å². The van der Waals surface area contributed by atoms with Gasteiger partial charge < -0.3 is 14.2 Å². The minimum absolute atomic E-state index is 0.000754. The highest BCUT2D eigenvalue weighted by Gasteiger charge is 2.60. The molecule has 1 saturated heterocycles. The van der Waals surface area contributed by atoms with Crippen LogP contribution in [0, 0.1) is 0 Å². The largest absolute Gasteiger partial charge is 0.464 e. The number of nitrogens with zero attached hydrogens (tertiary/aromatic N) is 4. The highest BCUT2D eigenvalue weighted by Crippen LogP contribution is 2.38. The summed E-state index contributed by atoms with van der Waals surface area (Å²) in [5, 5.41) is 4.19.